The van der Waals surface area contributed by atoms with E-state index in [1.807, 2.05) is 19.9 Å². The van der Waals surface area contributed by atoms with Gasteiger partial charge in [-0.15, -0.1) is 0 Å². The second-order valence-corrected chi connectivity index (χ2v) is 10.8. The molecule has 35 heavy (non-hydrogen) atoms. The quantitative estimate of drug-likeness (QED) is 0.495. The van der Waals surface area contributed by atoms with E-state index in [0.29, 0.717) is 5.71 Å². The van der Waals surface area contributed by atoms with E-state index in [9.17, 15) is 37.9 Å². The number of halogens is 3. The van der Waals surface area contributed by atoms with E-state index in [1.54, 1.807) is 5.32 Å². The van der Waals surface area contributed by atoms with Crippen molar-refractivity contribution in [2.75, 3.05) is 6.54 Å². The summed E-state index contributed by atoms with van der Waals surface area (Å²) >= 11 is 0. The van der Waals surface area contributed by atoms with Gasteiger partial charge in [0, 0.05) is 19.2 Å². The molecule has 3 rings (SSSR count). The summed E-state index contributed by atoms with van der Waals surface area (Å²) < 4.78 is 38.8. The van der Waals surface area contributed by atoms with Crippen LogP contribution in [-0.4, -0.2) is 76.9 Å². The Kier molecular flexibility index (Phi) is 6.76. The number of aliphatic hydroxyl groups is 1. The summed E-state index contributed by atoms with van der Waals surface area (Å²) in [7, 11) is 0. The van der Waals surface area contributed by atoms with Gasteiger partial charge in [-0.1, -0.05) is 34.6 Å². The Morgan fingerprint density at radius 3 is 2.40 bits per heavy atom. The van der Waals surface area contributed by atoms with Gasteiger partial charge in [-0.2, -0.15) is 18.4 Å². The maximum atomic E-state index is 13.5. The lowest BCUT2D eigenvalue weighted by Gasteiger charge is -2.37. The molecular weight excluding hydrogens is 469 g/mol. The van der Waals surface area contributed by atoms with Crippen molar-refractivity contribution in [3.8, 4) is 6.07 Å². The van der Waals surface area contributed by atoms with Gasteiger partial charge in [0.25, 0.3) is 0 Å². The molecule has 10 nitrogen and oxygen atoms in total. The maximum Gasteiger partial charge on any atom is 0.471 e. The minimum absolute atomic E-state index is 0.0206. The van der Waals surface area contributed by atoms with Gasteiger partial charge in [0.05, 0.1) is 11.8 Å². The number of rotatable bonds is 6. The maximum absolute atomic E-state index is 13.5. The molecular formula is C22H29F3N6O4. The second-order valence-electron chi connectivity index (χ2n) is 10.8. The monoisotopic (exact) mass is 498 g/mol. The summed E-state index contributed by atoms with van der Waals surface area (Å²) in [4.78, 5) is 47.1. The van der Waals surface area contributed by atoms with E-state index in [1.165, 1.54) is 31.9 Å². The third kappa shape index (κ3) is 5.32. The number of nitrogens with one attached hydrogen (secondary N) is 2. The molecule has 3 N–H and O–H groups in total. The normalized spacial score (nSPS) is 28.5. The lowest BCUT2D eigenvalue weighted by Crippen LogP contribution is -2.61. The van der Waals surface area contributed by atoms with Gasteiger partial charge >= 0.3 is 12.1 Å². The molecule has 3 aliphatic rings. The Labute approximate surface area is 200 Å². The van der Waals surface area contributed by atoms with Crippen LogP contribution in [0.2, 0.25) is 0 Å². The Morgan fingerprint density at radius 1 is 1.29 bits per heavy atom. The number of piperidine rings is 1. The van der Waals surface area contributed by atoms with Crippen LogP contribution in [0.3, 0.4) is 0 Å². The van der Waals surface area contributed by atoms with Gasteiger partial charge < -0.3 is 20.6 Å². The van der Waals surface area contributed by atoms with Crippen LogP contribution in [0.5, 0.6) is 0 Å². The van der Waals surface area contributed by atoms with Crippen LogP contribution < -0.4 is 10.6 Å². The fourth-order valence-corrected chi connectivity index (χ4v) is 4.91. The molecule has 0 aromatic heterocycles. The fourth-order valence-electron chi connectivity index (χ4n) is 4.91. The molecule has 1 saturated carbocycles. The summed E-state index contributed by atoms with van der Waals surface area (Å²) in [5.74, 6) is -3.95. The van der Waals surface area contributed by atoms with Crippen molar-refractivity contribution in [2.45, 2.75) is 71.7 Å². The molecule has 13 heteroatoms. The first-order valence-corrected chi connectivity index (χ1v) is 11.1. The van der Waals surface area contributed by atoms with Crippen LogP contribution in [-0.2, 0) is 14.4 Å². The number of nitrogens with zero attached hydrogens (tertiary/aromatic N) is 4. The number of likely N-dealkylation sites (tertiary alicyclic amines) is 1. The molecule has 2 fully saturated rings. The number of hydrogen-bond acceptors (Lipinski definition) is 7. The number of carbonyl (C=O) groups is 3. The van der Waals surface area contributed by atoms with Crippen molar-refractivity contribution in [2.24, 2.45) is 32.7 Å². The molecule has 2 unspecified atom stereocenters. The Morgan fingerprint density at radius 2 is 1.91 bits per heavy atom. The first kappa shape index (κ1) is 26.6. The lowest BCUT2D eigenvalue weighted by atomic mass is 9.85. The molecule has 0 aromatic rings. The van der Waals surface area contributed by atoms with Crippen molar-refractivity contribution in [3.05, 3.63) is 0 Å². The van der Waals surface area contributed by atoms with Gasteiger partial charge in [0.15, 0.2) is 0 Å². The highest BCUT2D eigenvalue weighted by molar-refractivity contribution is 6.32. The van der Waals surface area contributed by atoms with E-state index in [4.69, 9.17) is 0 Å². The van der Waals surface area contributed by atoms with Gasteiger partial charge in [0.1, 0.15) is 18.1 Å². The van der Waals surface area contributed by atoms with Crippen molar-refractivity contribution in [3.63, 3.8) is 0 Å². The summed E-state index contributed by atoms with van der Waals surface area (Å²) in [6.45, 7) is 8.57. The number of hydrogen-bond donors (Lipinski definition) is 3. The van der Waals surface area contributed by atoms with E-state index in [-0.39, 0.29) is 30.2 Å². The number of aliphatic hydroxyl groups excluding tert-OH is 1. The molecule has 3 amide bonds. The number of aliphatic imine (C=N–C) groups is 2. The highest BCUT2D eigenvalue weighted by Gasteiger charge is 2.70. The largest absolute Gasteiger partial charge is 0.471 e. The predicted molar refractivity (Wildman–Crippen MR) is 118 cm³/mol. The third-order valence-corrected chi connectivity index (χ3v) is 6.93. The van der Waals surface area contributed by atoms with E-state index < -0.39 is 53.8 Å². The molecule has 0 radical (unpaired) electrons. The standard InChI is InChI=1S/C22H29F3N6O4/c1-20(2,3)15(30-18(34)22(23,24)25)17(33)31-9-12-13(21(12,4)5)14(31)16(32)28-10(7-26)6-11-8-27-19(35)29-11/h8,10,12-15,19,35H,6,9H2,1-5H3,(H,28,32)(H,30,34)/t10?,12-,13+,14-,15+,19?/m0/s1. The highest BCUT2D eigenvalue weighted by atomic mass is 19.4. The molecule has 0 aromatic carbocycles. The zero-order chi connectivity index (χ0) is 26.5. The topological polar surface area (TPSA) is 147 Å². The minimum atomic E-state index is -5.17. The van der Waals surface area contributed by atoms with Crippen molar-refractivity contribution < 1.29 is 32.7 Å². The zero-order valence-electron chi connectivity index (χ0n) is 20.1. The lowest BCUT2D eigenvalue weighted by molar-refractivity contribution is -0.176. The SMILES string of the molecule is CC(C)(C)[C@H](NC(=O)C(F)(F)F)C(=O)N1C[C@H]2[C@H]([C@H]1C(=O)NC(C#N)CC1=NC(O)N=C1)C2(C)C. The van der Waals surface area contributed by atoms with Crippen LogP contribution in [0.4, 0.5) is 13.2 Å². The van der Waals surface area contributed by atoms with Crippen molar-refractivity contribution >= 4 is 29.6 Å². The number of amides is 3. The van der Waals surface area contributed by atoms with E-state index in [2.05, 4.69) is 15.3 Å². The zero-order valence-corrected chi connectivity index (χ0v) is 20.1. The summed E-state index contributed by atoms with van der Waals surface area (Å²) in [5, 5.41) is 23.3. The average molecular weight is 499 g/mol. The summed E-state index contributed by atoms with van der Waals surface area (Å²) in [6.07, 6.45) is -5.15. The second kappa shape index (κ2) is 8.89. The Bertz CT molecular complexity index is 1010. The van der Waals surface area contributed by atoms with Gasteiger partial charge in [0.2, 0.25) is 18.2 Å². The van der Waals surface area contributed by atoms with Gasteiger partial charge in [-0.25, -0.2) is 9.98 Å². The first-order valence-electron chi connectivity index (χ1n) is 11.1. The summed E-state index contributed by atoms with van der Waals surface area (Å²) in [5.41, 5.74) is -1.03. The molecule has 1 aliphatic carbocycles. The van der Waals surface area contributed by atoms with Gasteiger partial charge in [-0.05, 0) is 22.7 Å². The van der Waals surface area contributed by atoms with Crippen LogP contribution in [0.1, 0.15) is 41.0 Å². The van der Waals surface area contributed by atoms with E-state index in [0.717, 1.165) is 0 Å². The van der Waals surface area contributed by atoms with E-state index >= 15 is 0 Å². The number of fused-ring (bicyclic) bond motifs is 1. The van der Waals surface area contributed by atoms with Crippen molar-refractivity contribution in [1.29, 1.82) is 5.26 Å². The summed E-state index contributed by atoms with van der Waals surface area (Å²) in [6, 6.07) is -1.63. The predicted octanol–water partition coefficient (Wildman–Crippen LogP) is 0.762. The molecule has 1 saturated heterocycles. The number of carbonyl (C=O) groups excluding carboxylic acids is 3. The molecule has 6 atom stereocenters. The fraction of sp³-hybridized carbons (Fsp3) is 0.727. The Balaban J connectivity index is 1.82. The average Bonchev–Trinajstić information content (AvgIpc) is 3.10. The molecule has 0 spiro atoms. The van der Waals surface area contributed by atoms with Crippen LogP contribution in [0, 0.1) is 34.0 Å². The molecule has 0 bridgehead atoms. The number of alkyl halides is 3. The molecule has 2 aliphatic heterocycles. The smallest absolute Gasteiger partial charge is 0.354 e. The molecule has 192 valence electrons. The molecule has 2 heterocycles. The third-order valence-electron chi connectivity index (χ3n) is 6.93. The van der Waals surface area contributed by atoms with Crippen LogP contribution in [0.15, 0.2) is 9.98 Å². The van der Waals surface area contributed by atoms with Crippen LogP contribution >= 0.6 is 0 Å². The van der Waals surface area contributed by atoms with Crippen molar-refractivity contribution in [1.82, 2.24) is 15.5 Å². The van der Waals surface area contributed by atoms with Gasteiger partial charge in [-0.3, -0.25) is 14.4 Å². The Hall–Kier alpha value is -3.01. The highest BCUT2D eigenvalue weighted by Crippen LogP contribution is 2.65. The minimum Gasteiger partial charge on any atom is -0.354 e. The van der Waals surface area contributed by atoms with Crippen LogP contribution in [0.25, 0.3) is 0 Å². The number of nitriles is 1. The first-order chi connectivity index (χ1) is 16.0.